The number of nitrogens with zero attached hydrogens (tertiary/aromatic N) is 1. The molecule has 0 saturated heterocycles. The molecule has 0 fully saturated rings. The quantitative estimate of drug-likeness (QED) is 0.627. The van der Waals surface area contributed by atoms with Crippen molar-refractivity contribution >= 4 is 23.3 Å². The number of quaternary nitrogens is 1. The molecule has 0 heterocycles. The van der Waals surface area contributed by atoms with Crippen molar-refractivity contribution in [2.45, 2.75) is 13.8 Å². The molecule has 114 valence electrons. The minimum atomic E-state index is -0.398. The van der Waals surface area contributed by atoms with Gasteiger partial charge < -0.3 is 4.74 Å². The summed E-state index contributed by atoms with van der Waals surface area (Å²) in [4.78, 5) is 24.7. The largest absolute Gasteiger partial charge is 0.462 e. The van der Waals surface area contributed by atoms with Gasteiger partial charge in [0.15, 0.2) is 6.54 Å². The summed E-state index contributed by atoms with van der Waals surface area (Å²) in [6.07, 6.45) is 0. The first-order valence-corrected chi connectivity index (χ1v) is 7.27. The maximum Gasteiger partial charge on any atom is 0.363 e. The number of esters is 1. The minimum Gasteiger partial charge on any atom is -0.462 e. The molecule has 1 amide bonds. The number of ether oxygens (including phenoxy) is 1. The molecule has 0 N–H and O–H groups in total. The Hall–Kier alpha value is -2.46. The molecule has 0 aromatic heterocycles. The summed E-state index contributed by atoms with van der Waals surface area (Å²) < 4.78 is 4.90. The lowest BCUT2D eigenvalue weighted by Gasteiger charge is -2.33. The Morgan fingerprint density at radius 3 is 1.73 bits per heavy atom. The van der Waals surface area contributed by atoms with Crippen LogP contribution >= 0.6 is 0 Å². The SMILES string of the molecule is CCOC(=O)C[N+](C(C)=O)(c1ccccc1)c1ccccc1. The Morgan fingerprint density at radius 2 is 1.36 bits per heavy atom. The van der Waals surface area contributed by atoms with Gasteiger partial charge in [-0.25, -0.2) is 9.59 Å². The third-order valence-corrected chi connectivity index (χ3v) is 3.60. The average molecular weight is 298 g/mol. The summed E-state index contributed by atoms with van der Waals surface area (Å²) in [6.45, 7) is 3.49. The van der Waals surface area contributed by atoms with Crippen molar-refractivity contribution in [3.63, 3.8) is 0 Å². The number of amides is 1. The van der Waals surface area contributed by atoms with Gasteiger partial charge in [0.05, 0.1) is 13.5 Å². The third-order valence-electron chi connectivity index (χ3n) is 3.60. The molecular formula is C18H20NO3+. The lowest BCUT2D eigenvalue weighted by Crippen LogP contribution is -2.52. The predicted molar refractivity (Wildman–Crippen MR) is 86.5 cm³/mol. The van der Waals surface area contributed by atoms with Crippen molar-refractivity contribution in [3.8, 4) is 0 Å². The van der Waals surface area contributed by atoms with Gasteiger partial charge in [0.25, 0.3) is 0 Å². The van der Waals surface area contributed by atoms with Crippen molar-refractivity contribution < 1.29 is 14.3 Å². The van der Waals surface area contributed by atoms with Crippen molar-refractivity contribution in [3.05, 3.63) is 60.7 Å². The van der Waals surface area contributed by atoms with E-state index in [1.54, 1.807) is 6.92 Å². The van der Waals surface area contributed by atoms with E-state index in [2.05, 4.69) is 0 Å². The van der Waals surface area contributed by atoms with Gasteiger partial charge in [-0.3, -0.25) is 0 Å². The van der Waals surface area contributed by atoms with Gasteiger partial charge >= 0.3 is 11.9 Å². The summed E-state index contributed by atoms with van der Waals surface area (Å²) in [5.74, 6) is -0.532. The van der Waals surface area contributed by atoms with Crippen molar-refractivity contribution in [2.75, 3.05) is 13.2 Å². The molecule has 0 aliphatic carbocycles. The predicted octanol–water partition coefficient (Wildman–Crippen LogP) is 3.44. The van der Waals surface area contributed by atoms with Crippen LogP contribution in [0.25, 0.3) is 0 Å². The zero-order valence-corrected chi connectivity index (χ0v) is 12.9. The Bertz CT molecular complexity index is 598. The lowest BCUT2D eigenvalue weighted by molar-refractivity contribution is -0.146. The molecule has 0 aliphatic heterocycles. The first-order valence-electron chi connectivity index (χ1n) is 7.27. The molecule has 22 heavy (non-hydrogen) atoms. The lowest BCUT2D eigenvalue weighted by atomic mass is 10.1. The van der Waals surface area contributed by atoms with Gasteiger partial charge in [0, 0.05) is 24.3 Å². The number of rotatable bonds is 5. The van der Waals surface area contributed by atoms with E-state index < -0.39 is 5.97 Å². The summed E-state index contributed by atoms with van der Waals surface area (Å²) in [7, 11) is 0. The Balaban J connectivity index is 2.60. The molecule has 0 bridgehead atoms. The maximum atomic E-state index is 12.6. The van der Waals surface area contributed by atoms with Crippen LogP contribution in [0.5, 0.6) is 0 Å². The van der Waals surface area contributed by atoms with E-state index in [0.717, 1.165) is 11.4 Å². The Kier molecular flexibility index (Phi) is 5.07. The summed E-state index contributed by atoms with van der Waals surface area (Å²) in [5, 5.41) is 0. The fourth-order valence-electron chi connectivity index (χ4n) is 2.57. The van der Waals surface area contributed by atoms with Crippen LogP contribution in [-0.2, 0) is 14.3 Å². The van der Waals surface area contributed by atoms with Gasteiger partial charge in [-0.2, -0.15) is 4.48 Å². The molecule has 0 aliphatic rings. The summed E-state index contributed by atoms with van der Waals surface area (Å²) >= 11 is 0. The van der Waals surface area contributed by atoms with Gasteiger partial charge in [-0.15, -0.1) is 0 Å². The van der Waals surface area contributed by atoms with E-state index in [-0.39, 0.29) is 16.9 Å². The minimum absolute atomic E-state index is 0.0583. The van der Waals surface area contributed by atoms with E-state index >= 15 is 0 Å². The number of carbonyl (C=O) groups is 2. The van der Waals surface area contributed by atoms with Crippen molar-refractivity contribution in [1.29, 1.82) is 0 Å². The highest BCUT2D eigenvalue weighted by molar-refractivity contribution is 5.97. The highest BCUT2D eigenvalue weighted by atomic mass is 16.5. The Morgan fingerprint density at radius 1 is 0.909 bits per heavy atom. The van der Waals surface area contributed by atoms with E-state index in [4.69, 9.17) is 4.74 Å². The summed E-state index contributed by atoms with van der Waals surface area (Å²) in [5.41, 5.74) is 1.49. The number of hydrogen-bond donors (Lipinski definition) is 0. The zero-order valence-electron chi connectivity index (χ0n) is 12.9. The fraction of sp³-hybridized carbons (Fsp3) is 0.222. The van der Waals surface area contributed by atoms with Crippen molar-refractivity contribution in [2.24, 2.45) is 0 Å². The monoisotopic (exact) mass is 298 g/mol. The maximum absolute atomic E-state index is 12.6. The molecule has 4 heteroatoms. The molecular weight excluding hydrogens is 278 g/mol. The van der Waals surface area contributed by atoms with E-state index in [0.29, 0.717) is 6.61 Å². The van der Waals surface area contributed by atoms with Gasteiger partial charge in [0.1, 0.15) is 11.4 Å². The number of hydrogen-bond acceptors (Lipinski definition) is 3. The molecule has 2 rings (SSSR count). The first-order chi connectivity index (χ1) is 10.6. The van der Waals surface area contributed by atoms with Crippen LogP contribution in [0, 0.1) is 0 Å². The second-order valence-electron chi connectivity index (χ2n) is 4.96. The molecule has 0 spiro atoms. The molecule has 2 aromatic carbocycles. The third kappa shape index (κ3) is 3.07. The molecule has 4 nitrogen and oxygen atoms in total. The highest BCUT2D eigenvalue weighted by Crippen LogP contribution is 2.34. The molecule has 0 radical (unpaired) electrons. The number of benzene rings is 2. The topological polar surface area (TPSA) is 43.4 Å². The van der Waals surface area contributed by atoms with Gasteiger partial charge in [0.2, 0.25) is 0 Å². The summed E-state index contributed by atoms with van der Waals surface area (Å²) in [6, 6.07) is 18.6. The van der Waals surface area contributed by atoms with E-state index in [1.165, 1.54) is 6.92 Å². The van der Waals surface area contributed by atoms with Crippen LogP contribution in [-0.4, -0.2) is 25.0 Å². The van der Waals surface area contributed by atoms with Gasteiger partial charge in [-0.05, 0) is 6.92 Å². The van der Waals surface area contributed by atoms with Crippen LogP contribution in [0.4, 0.5) is 11.4 Å². The number of para-hydroxylation sites is 2. The van der Waals surface area contributed by atoms with Crippen LogP contribution < -0.4 is 4.48 Å². The second-order valence-corrected chi connectivity index (χ2v) is 4.96. The highest BCUT2D eigenvalue weighted by Gasteiger charge is 2.41. The molecule has 2 aromatic rings. The second kappa shape index (κ2) is 7.00. The number of carbonyl (C=O) groups excluding carboxylic acids is 2. The van der Waals surface area contributed by atoms with Crippen LogP contribution in [0.15, 0.2) is 60.7 Å². The Labute approximate surface area is 130 Å². The molecule has 0 saturated carbocycles. The normalized spacial score (nSPS) is 11.0. The van der Waals surface area contributed by atoms with E-state index in [1.807, 2.05) is 60.7 Å². The van der Waals surface area contributed by atoms with Gasteiger partial charge in [-0.1, -0.05) is 36.4 Å². The van der Waals surface area contributed by atoms with Crippen molar-refractivity contribution in [1.82, 2.24) is 4.48 Å². The first kappa shape index (κ1) is 15.9. The fourth-order valence-corrected chi connectivity index (χ4v) is 2.57. The standard InChI is InChI=1S/C18H20NO3/c1-3-22-18(21)14-19(15(2)20,16-10-6-4-7-11-16)17-12-8-5-9-13-17/h4-13H,3,14H2,1-2H3/q+1. The smallest absolute Gasteiger partial charge is 0.363 e. The average Bonchev–Trinajstić information content (AvgIpc) is 2.54. The van der Waals surface area contributed by atoms with Crippen LogP contribution in [0.2, 0.25) is 0 Å². The van der Waals surface area contributed by atoms with Crippen LogP contribution in [0.3, 0.4) is 0 Å². The van der Waals surface area contributed by atoms with E-state index in [9.17, 15) is 9.59 Å². The molecule has 0 atom stereocenters. The van der Waals surface area contributed by atoms with Crippen LogP contribution in [0.1, 0.15) is 13.8 Å². The zero-order chi connectivity index (χ0) is 16.0. The molecule has 0 unspecified atom stereocenters.